The topological polar surface area (TPSA) is 44.0 Å². The molecule has 1 aliphatic carbocycles. The third-order valence-electron chi connectivity index (χ3n) is 26.6. The Labute approximate surface area is 735 Å². The van der Waals surface area contributed by atoms with Gasteiger partial charge in [-0.25, -0.2) is 0 Å². The molecule has 4 atom stereocenters. The zero-order chi connectivity index (χ0) is 80.7. The summed E-state index contributed by atoms with van der Waals surface area (Å²) in [6.07, 6.45) is 92.9. The maximum absolute atomic E-state index is 16.2. The zero-order valence-electron chi connectivity index (χ0n) is 75.8. The van der Waals surface area contributed by atoms with Gasteiger partial charge in [0.1, 0.15) is 0 Å². The molecule has 0 N–H and O–H groups in total. The Hall–Kier alpha value is -1.30. The molecule has 0 amide bonds. The second kappa shape index (κ2) is 63.6. The zero-order valence-corrected chi connectivity index (χ0v) is 83.9. The number of hydrogen-bond donors (Lipinski definition) is 0. The molecule has 0 spiro atoms. The molecule has 0 saturated carbocycles. The van der Waals surface area contributed by atoms with Crippen molar-refractivity contribution in [3.8, 4) is 26.3 Å². The van der Waals surface area contributed by atoms with E-state index in [9.17, 15) is 0 Å². The van der Waals surface area contributed by atoms with Gasteiger partial charge in [0.25, 0.3) is 0 Å². The molecule has 4 nitrogen and oxygen atoms in total. The monoisotopic (exact) mass is 1930 g/mol. The number of hydrogen-bond acceptors (Lipinski definition) is 2. The fourth-order valence-corrected chi connectivity index (χ4v) is 31.1. The first-order valence-corrected chi connectivity index (χ1v) is 58.4. The van der Waals surface area contributed by atoms with Crippen molar-refractivity contribution in [3.63, 3.8) is 0 Å². The van der Waals surface area contributed by atoms with Crippen LogP contribution in [0.3, 0.4) is 0 Å². The molecule has 0 saturated heterocycles. The predicted molar refractivity (Wildman–Crippen MR) is 511 cm³/mol. The van der Waals surface area contributed by atoms with Crippen molar-refractivity contribution in [2.45, 2.75) is 517 Å². The van der Waals surface area contributed by atoms with Gasteiger partial charge < -0.3 is 0 Å². The molecular formula is C106H176N2O2Se2Te2. The summed E-state index contributed by atoms with van der Waals surface area (Å²) >= 11 is -0.804. The van der Waals surface area contributed by atoms with Crippen LogP contribution >= 0.6 is 0 Å². The van der Waals surface area contributed by atoms with Crippen molar-refractivity contribution in [1.82, 2.24) is 9.13 Å². The summed E-state index contributed by atoms with van der Waals surface area (Å²) < 4.78 is 17.1. The van der Waals surface area contributed by atoms with E-state index in [4.69, 9.17) is 0 Å². The van der Waals surface area contributed by atoms with E-state index in [-0.39, 0.29) is 25.6 Å². The Morgan fingerprint density at radius 3 is 0.895 bits per heavy atom. The molecule has 1 aliphatic rings. The van der Waals surface area contributed by atoms with Crippen LogP contribution < -0.4 is 11.1 Å². The van der Waals surface area contributed by atoms with Gasteiger partial charge in [-0.1, -0.05) is 234 Å². The molecule has 6 heterocycles. The van der Waals surface area contributed by atoms with E-state index in [0.29, 0.717) is 26.3 Å². The van der Waals surface area contributed by atoms with Crippen molar-refractivity contribution < 1.29 is 0 Å². The summed E-state index contributed by atoms with van der Waals surface area (Å²) in [6, 6.07) is 19.6. The van der Waals surface area contributed by atoms with Gasteiger partial charge in [-0.15, -0.1) is 0 Å². The second-order valence-corrected chi connectivity index (χ2v) is 48.5. The number of nitrogens with zero attached hydrogens (tertiary/aromatic N) is 2. The maximum atomic E-state index is 16.2. The normalized spacial score (nSPS) is 14.1. The van der Waals surface area contributed by atoms with Crippen LogP contribution in [-0.2, 0) is 13.1 Å². The van der Waals surface area contributed by atoms with Gasteiger partial charge in [0.15, 0.2) is 0 Å². The number of rotatable bonds is 75. The van der Waals surface area contributed by atoms with Crippen molar-refractivity contribution in [1.29, 1.82) is 0 Å². The van der Waals surface area contributed by atoms with Crippen LogP contribution in [0.25, 0.3) is 37.3 Å². The SMILES string of the molecule is CCCCCCCCCCCCC(CCCCCCCCCC)CCCCn1c(=O)c(-c2ccc(C)[te]2)cc2c1cc(-c1ccc(-c3cc4c([se]3)C(CCCCCCCCCCCC)c3cc(C)[se]c3C4CCCCCCCCCCCC)[te]1)c(=O)n2CCCCC(CCCCCCCCCC)CCCCCCCCCCCC. The van der Waals surface area contributed by atoms with Crippen LogP contribution in [0.5, 0.6) is 0 Å². The van der Waals surface area contributed by atoms with Crippen LogP contribution in [0, 0.1) is 25.7 Å². The molecule has 0 fully saturated rings. The van der Waals surface area contributed by atoms with Gasteiger partial charge in [0, 0.05) is 0 Å². The summed E-state index contributed by atoms with van der Waals surface area (Å²) in [6.45, 7) is 20.2. The molecule has 0 radical (unpaired) electrons. The molecule has 0 aliphatic heterocycles. The molecule has 114 heavy (non-hydrogen) atoms. The number of aromatic nitrogens is 2. The molecule has 0 bridgehead atoms. The average molecular weight is 1920 g/mol. The van der Waals surface area contributed by atoms with Crippen LogP contribution in [-0.4, -0.2) is 79.0 Å². The summed E-state index contributed by atoms with van der Waals surface area (Å²) in [7, 11) is 0. The van der Waals surface area contributed by atoms with Gasteiger partial charge in [-0.2, -0.15) is 0 Å². The van der Waals surface area contributed by atoms with Crippen LogP contribution in [0.15, 0.2) is 58.1 Å². The van der Waals surface area contributed by atoms with Gasteiger partial charge in [0.05, 0.1) is 0 Å². The fourth-order valence-electron chi connectivity index (χ4n) is 19.4. The van der Waals surface area contributed by atoms with Gasteiger partial charge in [0.2, 0.25) is 0 Å². The third kappa shape index (κ3) is 38.2. The Balaban J connectivity index is 1.20. The molecule has 7 rings (SSSR count). The summed E-state index contributed by atoms with van der Waals surface area (Å²) in [5.74, 6) is 2.71. The molecule has 0 aromatic carbocycles. The molecule has 646 valence electrons. The number of unbranched alkanes of at least 4 members (excludes halogenated alkanes) is 52. The molecular weight excluding hydrogens is 1750 g/mol. The van der Waals surface area contributed by atoms with Crippen molar-refractivity contribution in [2.24, 2.45) is 11.8 Å². The minimum Gasteiger partial charge on any atom is -0.0654 e. The number of fused-ring (bicyclic) bond motifs is 3. The number of aryl methyl sites for hydroxylation is 4. The standard InChI is InChI=1S/C106H176N2O2Se2Te2/c1-9-15-21-27-33-39-43-49-55-61-71-89(69-59-53-47-37-31-25-19-13-5)73-65-67-81-107-98-85-96(106(110)108(97(98)84-95(105(107)109)100-78-77-88(8)113-100)82-68-66-74-90(70-60-54-48-38-32-26-20-14-6)72-62-56-50-44-40-34-28-22-16-10-2)101-79-80-102(114-101)99-86-94-92(76-64-58-52-46-42-36-30-24-18-12-4)103-93(83-87(7)111-103)91(104(94)112-99)75-63-57-51-45-41-35-29-23-17-11-3/h77-80,83-86,89-92H,9-76,81-82H2,1-8H3. The third-order valence-corrected chi connectivity index (χ3v) is 39.0. The van der Waals surface area contributed by atoms with Crippen molar-refractivity contribution in [3.05, 3.63) is 97.3 Å². The Bertz CT molecular complexity index is 3410. The first-order valence-electron chi connectivity index (χ1n) is 50.4. The average Bonchev–Trinajstić information content (AvgIpc) is 1.46. The van der Waals surface area contributed by atoms with E-state index in [0.717, 1.165) is 72.8 Å². The number of pyridine rings is 2. The quantitative estimate of drug-likeness (QED) is 0.0282. The van der Waals surface area contributed by atoms with Gasteiger partial charge in [-0.3, -0.25) is 0 Å². The summed E-state index contributed by atoms with van der Waals surface area (Å²) in [5, 5.41) is 0. The van der Waals surface area contributed by atoms with Crippen LogP contribution in [0.4, 0.5) is 0 Å². The van der Waals surface area contributed by atoms with E-state index in [1.807, 2.05) is 8.87 Å². The summed E-state index contributed by atoms with van der Waals surface area (Å²) in [5.41, 5.74) is 7.74. The Kier molecular flexibility index (Phi) is 55.7. The summed E-state index contributed by atoms with van der Waals surface area (Å²) in [4.78, 5) is 32.0. The first-order chi connectivity index (χ1) is 56.1. The smallest absolute Gasteiger partial charge is 0.0654 e. The van der Waals surface area contributed by atoms with Gasteiger partial charge in [-0.05, 0) is 0 Å². The van der Waals surface area contributed by atoms with E-state index in [2.05, 4.69) is 113 Å². The van der Waals surface area contributed by atoms with Gasteiger partial charge >= 0.3 is 508 Å². The molecule has 6 aromatic rings. The minimum atomic E-state index is -0.889. The second-order valence-electron chi connectivity index (χ2n) is 36.7. The van der Waals surface area contributed by atoms with Crippen molar-refractivity contribution in [2.75, 3.05) is 0 Å². The first kappa shape index (κ1) is 99.8. The fraction of sp³-hybridized carbons (Fsp3) is 0.774. The van der Waals surface area contributed by atoms with E-state index in [1.165, 1.54) is 422 Å². The van der Waals surface area contributed by atoms with Crippen LogP contribution in [0.2, 0.25) is 0 Å². The molecule has 8 heteroatoms. The Morgan fingerprint density at radius 1 is 0.298 bits per heavy atom. The minimum absolute atomic E-state index is 0.188. The van der Waals surface area contributed by atoms with E-state index < -0.39 is 40.9 Å². The molecule has 4 unspecified atom stereocenters. The predicted octanol–water partition coefficient (Wildman–Crippen LogP) is 33.5. The molecule has 6 aromatic heterocycles. The Morgan fingerprint density at radius 2 is 0.570 bits per heavy atom. The van der Waals surface area contributed by atoms with Crippen LogP contribution in [0.1, 0.15) is 518 Å². The van der Waals surface area contributed by atoms with E-state index in [1.54, 1.807) is 23.6 Å². The van der Waals surface area contributed by atoms with E-state index >= 15 is 9.59 Å². The van der Waals surface area contributed by atoms with Crippen molar-refractivity contribution >= 4 is 80.9 Å².